The molecule has 0 radical (unpaired) electrons. The van der Waals surface area contributed by atoms with E-state index in [9.17, 15) is 4.79 Å². The van der Waals surface area contributed by atoms with Gasteiger partial charge in [0.25, 0.3) is 0 Å². The van der Waals surface area contributed by atoms with E-state index >= 15 is 0 Å². The monoisotopic (exact) mass is 528 g/mol. The summed E-state index contributed by atoms with van der Waals surface area (Å²) in [6.45, 7) is 19.4. The van der Waals surface area contributed by atoms with Crippen LogP contribution in [0.15, 0.2) is 65.2 Å². The number of hydrogen-bond donors (Lipinski definition) is 5. The average molecular weight is 529 g/mol. The number of hydrogen-bond acceptors (Lipinski definition) is 15. The van der Waals surface area contributed by atoms with Crippen molar-refractivity contribution in [3.63, 3.8) is 0 Å². The third-order valence-corrected chi connectivity index (χ3v) is 4.37. The molecule has 4 aliphatic rings. The number of amidine groups is 4. The number of H-pyrrole nitrogens is 1. The molecule has 1 atom stereocenters. The van der Waals surface area contributed by atoms with Crippen molar-refractivity contribution in [1.82, 2.24) is 31.3 Å². The van der Waals surface area contributed by atoms with Crippen LogP contribution in [0.25, 0.3) is 0 Å². The predicted molar refractivity (Wildman–Crippen MR) is 140 cm³/mol. The SMILES string of the molecule is C=C1N=C(C)NO1.C=C1N=C(C)NO1.C=C1N=C(C)NS1.C=S1N=C(C)NO1.Cc1nc(=O)[nH]o1. The minimum atomic E-state index is -0.476. The van der Waals surface area contributed by atoms with Crippen LogP contribution in [0.5, 0.6) is 0 Å². The first-order chi connectivity index (χ1) is 16.4. The Hall–Kier alpha value is -3.83. The van der Waals surface area contributed by atoms with Crippen molar-refractivity contribution >= 4 is 52.1 Å². The number of nitrogens with one attached hydrogen (secondary N) is 5. The molecule has 1 aromatic rings. The Morgan fingerprint density at radius 3 is 1.51 bits per heavy atom. The molecular formula is C18H28N10O5S2. The van der Waals surface area contributed by atoms with Crippen molar-refractivity contribution in [3.8, 4) is 0 Å². The minimum absolute atomic E-state index is 0.366. The highest BCUT2D eigenvalue weighted by Gasteiger charge is 2.02. The fourth-order valence-corrected chi connectivity index (χ4v) is 2.79. The number of nitrogens with zero attached hydrogens (tertiary/aromatic N) is 5. The first kappa shape index (κ1) is 29.2. The van der Waals surface area contributed by atoms with Gasteiger partial charge in [0.05, 0.1) is 11.0 Å². The molecule has 0 bridgehead atoms. The second kappa shape index (κ2) is 15.1. The summed E-state index contributed by atoms with van der Waals surface area (Å²) in [6, 6.07) is 0. The molecule has 0 saturated heterocycles. The zero-order valence-electron chi connectivity index (χ0n) is 19.9. The fourth-order valence-electron chi connectivity index (χ4n) is 1.70. The van der Waals surface area contributed by atoms with E-state index < -0.39 is 16.6 Å². The Balaban J connectivity index is 0.000000219. The van der Waals surface area contributed by atoms with Gasteiger partial charge in [-0.3, -0.25) is 0 Å². The van der Waals surface area contributed by atoms with Crippen LogP contribution in [0.3, 0.4) is 0 Å². The Kier molecular flexibility index (Phi) is 12.6. The molecule has 0 aromatic carbocycles. The molecule has 0 fully saturated rings. The molecule has 1 unspecified atom stereocenters. The summed E-state index contributed by atoms with van der Waals surface area (Å²) < 4.78 is 16.0. The van der Waals surface area contributed by atoms with Crippen LogP contribution in [0.4, 0.5) is 0 Å². The maximum absolute atomic E-state index is 10.0. The zero-order valence-corrected chi connectivity index (χ0v) is 21.6. The fraction of sp³-hybridized carbons (Fsp3) is 0.278. The van der Waals surface area contributed by atoms with Crippen LogP contribution >= 0.6 is 22.9 Å². The molecule has 5 heterocycles. The van der Waals surface area contributed by atoms with E-state index in [1.807, 2.05) is 19.0 Å². The van der Waals surface area contributed by atoms with Gasteiger partial charge in [-0.05, 0) is 46.7 Å². The molecule has 5 rings (SSSR count). The zero-order chi connectivity index (χ0) is 26.4. The third-order valence-electron chi connectivity index (χ3n) is 2.90. The normalized spacial score (nSPS) is 18.7. The molecule has 35 heavy (non-hydrogen) atoms. The van der Waals surface area contributed by atoms with Gasteiger partial charge in [-0.15, -0.1) is 0 Å². The molecule has 17 heteroatoms. The molecule has 0 saturated carbocycles. The van der Waals surface area contributed by atoms with E-state index in [2.05, 4.69) is 85.3 Å². The molecule has 192 valence electrons. The predicted octanol–water partition coefficient (Wildman–Crippen LogP) is 2.09. The summed E-state index contributed by atoms with van der Waals surface area (Å²) in [5, 5.41) is 2.87. The van der Waals surface area contributed by atoms with E-state index in [0.29, 0.717) is 17.7 Å². The summed E-state index contributed by atoms with van der Waals surface area (Å²) in [5.41, 5.74) is 7.18. The van der Waals surface area contributed by atoms with Crippen LogP contribution in [0.2, 0.25) is 0 Å². The number of aliphatic imine (C=N–C) groups is 3. The molecule has 1 aromatic heterocycles. The first-order valence-corrected chi connectivity index (χ1v) is 11.6. The smallest absolute Gasteiger partial charge is 0.362 e. The molecule has 0 amide bonds. The van der Waals surface area contributed by atoms with Gasteiger partial charge in [0.2, 0.25) is 17.7 Å². The number of aromatic nitrogens is 2. The molecule has 5 N–H and O–H groups in total. The summed E-state index contributed by atoms with van der Waals surface area (Å²) >= 11 is 1.46. The van der Waals surface area contributed by atoms with Crippen molar-refractivity contribution in [3.05, 3.63) is 52.9 Å². The van der Waals surface area contributed by atoms with Crippen LogP contribution in [0, 0.1) is 6.92 Å². The topological polar surface area (TPSA) is 184 Å². The number of hydroxylamine groups is 3. The van der Waals surface area contributed by atoms with Gasteiger partial charge in [-0.25, -0.2) is 26.2 Å². The van der Waals surface area contributed by atoms with Crippen LogP contribution in [0.1, 0.15) is 33.6 Å². The quantitative estimate of drug-likeness (QED) is 0.245. The first-order valence-electron chi connectivity index (χ1n) is 9.50. The Labute approximate surface area is 208 Å². The maximum atomic E-state index is 10.0. The lowest BCUT2D eigenvalue weighted by Gasteiger charge is -1.89. The van der Waals surface area contributed by atoms with E-state index in [-0.39, 0.29) is 0 Å². The van der Waals surface area contributed by atoms with Gasteiger partial charge in [-0.2, -0.15) is 28.8 Å². The van der Waals surface area contributed by atoms with Crippen molar-refractivity contribution in [2.24, 2.45) is 19.4 Å². The minimum Gasteiger partial charge on any atom is -0.362 e. The van der Waals surface area contributed by atoms with E-state index in [1.165, 1.54) is 11.9 Å². The summed E-state index contributed by atoms with van der Waals surface area (Å²) in [7, 11) is -0.476. The highest BCUT2D eigenvalue weighted by Crippen LogP contribution is 2.16. The highest BCUT2D eigenvalue weighted by molar-refractivity contribution is 8.09. The largest absolute Gasteiger partial charge is 0.377 e. The van der Waals surface area contributed by atoms with E-state index in [1.54, 1.807) is 20.8 Å². The Morgan fingerprint density at radius 1 is 0.829 bits per heavy atom. The number of aryl methyl sites for hydroxylation is 1. The molecule has 0 spiro atoms. The third kappa shape index (κ3) is 14.1. The van der Waals surface area contributed by atoms with Crippen molar-refractivity contribution in [2.45, 2.75) is 34.6 Å². The van der Waals surface area contributed by atoms with Crippen molar-refractivity contribution in [1.29, 1.82) is 0 Å². The van der Waals surface area contributed by atoms with Gasteiger partial charge < -0.3 is 18.9 Å². The lowest BCUT2D eigenvalue weighted by molar-refractivity contribution is 0.178. The van der Waals surface area contributed by atoms with Gasteiger partial charge in [0.15, 0.2) is 0 Å². The number of rotatable bonds is 0. The van der Waals surface area contributed by atoms with Crippen molar-refractivity contribution < 1.29 is 18.5 Å². The molecule has 0 aliphatic carbocycles. The maximum Gasteiger partial charge on any atom is 0.377 e. The van der Waals surface area contributed by atoms with E-state index in [0.717, 1.165) is 28.4 Å². The standard InChI is InChI=1S/2C4H6N2O.C4H6N2S.C3H4N2O2.C3H6N2OS/c3*1-3-5-4(2)7-6-3;1-2-4-3(6)5-7-2;1-3-4-6-7(2)5-3/h3*2H2,1H3,(H,5,6);1H3,(H,5,6);2H2,1H3,(H,4,5). The van der Waals surface area contributed by atoms with Gasteiger partial charge >= 0.3 is 5.69 Å². The molecule has 15 nitrogen and oxygen atoms in total. The van der Waals surface area contributed by atoms with Crippen molar-refractivity contribution in [2.75, 3.05) is 0 Å². The average Bonchev–Trinajstić information content (AvgIpc) is 3.59. The Bertz CT molecular complexity index is 991. The van der Waals surface area contributed by atoms with Crippen LogP contribution in [-0.2, 0) is 14.0 Å². The van der Waals surface area contributed by atoms with E-state index in [4.69, 9.17) is 4.28 Å². The molecule has 4 aliphatic heterocycles. The number of aromatic amines is 1. The summed E-state index contributed by atoms with van der Waals surface area (Å²) in [6.07, 6.45) is 0. The molecular weight excluding hydrogens is 500 g/mol. The van der Waals surface area contributed by atoms with Gasteiger partial charge in [0, 0.05) is 18.9 Å². The summed E-state index contributed by atoms with van der Waals surface area (Å²) in [4.78, 5) is 34.1. The lowest BCUT2D eigenvalue weighted by Crippen LogP contribution is -2.11. The lowest BCUT2D eigenvalue weighted by atomic mass is 10.7. The van der Waals surface area contributed by atoms with Crippen LogP contribution < -0.4 is 26.9 Å². The second-order valence-electron chi connectivity index (χ2n) is 6.21. The van der Waals surface area contributed by atoms with Gasteiger partial charge in [0.1, 0.15) is 28.4 Å². The Morgan fingerprint density at radius 2 is 1.40 bits per heavy atom. The highest BCUT2D eigenvalue weighted by atomic mass is 32.2. The summed E-state index contributed by atoms with van der Waals surface area (Å²) in [5.74, 6) is 8.02. The van der Waals surface area contributed by atoms with Gasteiger partial charge in [-0.1, -0.05) is 6.58 Å². The second-order valence-corrected chi connectivity index (χ2v) is 8.08. The van der Waals surface area contributed by atoms with Crippen LogP contribution in [-0.4, -0.2) is 39.4 Å².